The largest absolute Gasteiger partial charge is 0.336 e. The number of H-pyrrole nitrogens is 2. The zero-order valence-corrected chi connectivity index (χ0v) is 21.7. The molecule has 0 amide bonds. The van der Waals surface area contributed by atoms with Crippen molar-refractivity contribution in [3.8, 4) is 17.3 Å². The summed E-state index contributed by atoms with van der Waals surface area (Å²) in [4.78, 5) is 24.1. The molecule has 0 saturated carbocycles. The number of nitrogens with zero attached hydrogens (tertiary/aromatic N) is 7. The highest BCUT2D eigenvalue weighted by Gasteiger charge is 2.17. The highest BCUT2D eigenvalue weighted by Crippen LogP contribution is 2.29. The lowest BCUT2D eigenvalue weighted by atomic mass is 10.0. The van der Waals surface area contributed by atoms with Gasteiger partial charge in [0.05, 0.1) is 28.6 Å². The van der Waals surface area contributed by atoms with E-state index < -0.39 is 0 Å². The maximum absolute atomic E-state index is 4.88. The van der Waals surface area contributed by atoms with Crippen molar-refractivity contribution >= 4 is 27.5 Å². The number of imidazole rings is 2. The molecule has 9 nitrogen and oxygen atoms in total. The van der Waals surface area contributed by atoms with Gasteiger partial charge in [-0.05, 0) is 76.7 Å². The normalized spacial score (nSPS) is 12.8. The van der Waals surface area contributed by atoms with Crippen molar-refractivity contribution in [3.05, 3.63) is 78.8 Å². The van der Waals surface area contributed by atoms with Gasteiger partial charge >= 0.3 is 0 Å². The number of pyridine rings is 2. The average molecular weight is 494 g/mol. The van der Waals surface area contributed by atoms with E-state index in [1.54, 1.807) is 12.5 Å². The van der Waals surface area contributed by atoms with E-state index >= 15 is 0 Å². The third kappa shape index (κ3) is 4.99. The van der Waals surface area contributed by atoms with Crippen LogP contribution in [0.1, 0.15) is 31.2 Å². The van der Waals surface area contributed by atoms with E-state index in [-0.39, 0.29) is 0 Å². The van der Waals surface area contributed by atoms with Gasteiger partial charge in [0.1, 0.15) is 17.5 Å². The molecule has 0 saturated heterocycles. The molecular weight excluding hydrogens is 462 g/mol. The van der Waals surface area contributed by atoms with Crippen LogP contribution >= 0.6 is 0 Å². The molecule has 0 aliphatic carbocycles. The number of allylic oxidation sites excluding steroid dienone is 5. The summed E-state index contributed by atoms with van der Waals surface area (Å²) >= 11 is 0. The quantitative estimate of drug-likeness (QED) is 0.272. The summed E-state index contributed by atoms with van der Waals surface area (Å²) in [5.74, 6) is 1.38. The van der Waals surface area contributed by atoms with Crippen LogP contribution in [0.25, 0.3) is 44.8 Å². The van der Waals surface area contributed by atoms with Crippen LogP contribution < -0.4 is 0 Å². The summed E-state index contributed by atoms with van der Waals surface area (Å²) in [7, 11) is 4.18. The fourth-order valence-corrected chi connectivity index (χ4v) is 4.35. The van der Waals surface area contributed by atoms with Gasteiger partial charge in [0.15, 0.2) is 11.6 Å². The molecule has 9 heteroatoms. The molecule has 188 valence electrons. The van der Waals surface area contributed by atoms with Crippen LogP contribution in [-0.4, -0.2) is 65.2 Å². The molecule has 0 atom stereocenters. The minimum Gasteiger partial charge on any atom is -0.336 e. The van der Waals surface area contributed by atoms with E-state index in [0.29, 0.717) is 5.82 Å². The fraction of sp³-hybridized carbons (Fsp3) is 0.250. The fourth-order valence-electron chi connectivity index (χ4n) is 4.35. The summed E-state index contributed by atoms with van der Waals surface area (Å²) < 4.78 is 1.88. The van der Waals surface area contributed by atoms with Gasteiger partial charge in [0, 0.05) is 17.8 Å². The number of aromatic nitrogens is 8. The molecule has 5 heterocycles. The molecule has 5 rings (SSSR count). The molecule has 5 aromatic heterocycles. The van der Waals surface area contributed by atoms with Crippen molar-refractivity contribution in [1.29, 1.82) is 0 Å². The number of aromatic amines is 2. The number of aryl methyl sites for hydroxylation is 1. The molecule has 0 aliphatic rings. The maximum Gasteiger partial charge on any atom is 0.166 e. The molecular formula is C28H31N9. The summed E-state index contributed by atoms with van der Waals surface area (Å²) in [6, 6.07) is 3.98. The molecule has 5 aromatic rings. The topological polar surface area (TPSA) is 104 Å². The predicted molar refractivity (Wildman–Crippen MR) is 148 cm³/mol. The lowest BCUT2D eigenvalue weighted by Gasteiger charge is -2.10. The first kappa shape index (κ1) is 24.3. The van der Waals surface area contributed by atoms with E-state index in [4.69, 9.17) is 9.97 Å². The van der Waals surface area contributed by atoms with Gasteiger partial charge < -0.3 is 9.88 Å². The Kier molecular flexibility index (Phi) is 6.78. The molecule has 37 heavy (non-hydrogen) atoms. The summed E-state index contributed by atoms with van der Waals surface area (Å²) in [5.41, 5.74) is 7.23. The van der Waals surface area contributed by atoms with Crippen molar-refractivity contribution in [2.75, 3.05) is 20.6 Å². The van der Waals surface area contributed by atoms with Crippen molar-refractivity contribution < 1.29 is 0 Å². The monoisotopic (exact) mass is 493 g/mol. The zero-order valence-electron chi connectivity index (χ0n) is 21.7. The van der Waals surface area contributed by atoms with Crippen LogP contribution in [0.4, 0.5) is 0 Å². The first-order valence-corrected chi connectivity index (χ1v) is 12.3. The molecule has 0 radical (unpaired) electrons. The van der Waals surface area contributed by atoms with Crippen LogP contribution in [-0.2, 0) is 0 Å². The van der Waals surface area contributed by atoms with Crippen LogP contribution in [0.5, 0.6) is 0 Å². The Labute approximate surface area is 215 Å². The van der Waals surface area contributed by atoms with Gasteiger partial charge in [0.25, 0.3) is 0 Å². The number of fused-ring (bicyclic) bond motifs is 2. The summed E-state index contributed by atoms with van der Waals surface area (Å²) in [6.07, 6.45) is 15.5. The standard InChI is InChI=1S/C28H31N9/c1-6-19(9-8-12-36(4)5)13-20(7-2)23-14-21-24(15-30-23)34-35-25(21)27-32-22-10-11-29-28(26(22)33-27)37-16-18(3)31-17-37/h6-7,10-11,13-17H,1,8-9,12H2,2-5H3,(H,32,33)(H,34,35)/b19-13+,20-7+. The van der Waals surface area contributed by atoms with Crippen molar-refractivity contribution in [2.45, 2.75) is 26.7 Å². The van der Waals surface area contributed by atoms with Crippen LogP contribution in [0.2, 0.25) is 0 Å². The average Bonchev–Trinajstić information content (AvgIpc) is 3.62. The highest BCUT2D eigenvalue weighted by molar-refractivity contribution is 5.95. The Hall–Kier alpha value is -4.37. The molecule has 0 bridgehead atoms. The number of rotatable bonds is 9. The Morgan fingerprint density at radius 2 is 2.05 bits per heavy atom. The lowest BCUT2D eigenvalue weighted by molar-refractivity contribution is 0.400. The SMILES string of the molecule is C=C/C(=C\C(=C/C)c1cc2c(-c3nc4c(-n5cnc(C)c5)nccc4[nH]3)n[nH]c2cn1)CCCN(C)C. The van der Waals surface area contributed by atoms with Crippen LogP contribution in [0.3, 0.4) is 0 Å². The maximum atomic E-state index is 4.88. The smallest absolute Gasteiger partial charge is 0.166 e. The Balaban J connectivity index is 1.52. The molecule has 0 fully saturated rings. The van der Waals surface area contributed by atoms with Crippen LogP contribution in [0.15, 0.2) is 67.4 Å². The van der Waals surface area contributed by atoms with Crippen molar-refractivity contribution in [2.24, 2.45) is 0 Å². The van der Waals surface area contributed by atoms with E-state index in [2.05, 4.69) is 68.9 Å². The van der Waals surface area contributed by atoms with Crippen LogP contribution in [0, 0.1) is 6.92 Å². The van der Waals surface area contributed by atoms with E-state index in [1.807, 2.05) is 43.0 Å². The second-order valence-corrected chi connectivity index (χ2v) is 9.30. The minimum atomic E-state index is 0.664. The highest BCUT2D eigenvalue weighted by atomic mass is 15.2. The van der Waals surface area contributed by atoms with Crippen molar-refractivity contribution in [3.63, 3.8) is 0 Å². The number of hydrogen-bond acceptors (Lipinski definition) is 6. The van der Waals surface area contributed by atoms with Gasteiger partial charge in [0.2, 0.25) is 0 Å². The van der Waals surface area contributed by atoms with Gasteiger partial charge in [-0.2, -0.15) is 5.10 Å². The molecule has 2 N–H and O–H groups in total. The second kappa shape index (κ2) is 10.3. The Morgan fingerprint density at radius 3 is 2.78 bits per heavy atom. The molecule has 0 spiro atoms. The van der Waals surface area contributed by atoms with E-state index in [1.165, 1.54) is 5.57 Å². The first-order valence-electron chi connectivity index (χ1n) is 12.3. The third-order valence-corrected chi connectivity index (χ3v) is 6.29. The lowest BCUT2D eigenvalue weighted by Crippen LogP contribution is -2.12. The number of nitrogens with one attached hydrogen (secondary N) is 2. The Bertz CT molecular complexity index is 1630. The first-order chi connectivity index (χ1) is 18.0. The van der Waals surface area contributed by atoms with Gasteiger partial charge in [-0.25, -0.2) is 15.0 Å². The van der Waals surface area contributed by atoms with E-state index in [0.717, 1.165) is 69.8 Å². The number of hydrogen-bond donors (Lipinski definition) is 2. The van der Waals surface area contributed by atoms with Crippen molar-refractivity contribution in [1.82, 2.24) is 44.6 Å². The third-order valence-electron chi connectivity index (χ3n) is 6.29. The molecule has 0 aliphatic heterocycles. The molecule has 0 unspecified atom stereocenters. The Morgan fingerprint density at radius 1 is 1.19 bits per heavy atom. The van der Waals surface area contributed by atoms with Gasteiger partial charge in [-0.3, -0.25) is 14.6 Å². The van der Waals surface area contributed by atoms with Gasteiger partial charge in [-0.1, -0.05) is 18.7 Å². The van der Waals surface area contributed by atoms with Gasteiger partial charge in [-0.15, -0.1) is 0 Å². The molecule has 0 aromatic carbocycles. The minimum absolute atomic E-state index is 0.664. The predicted octanol–water partition coefficient (Wildman–Crippen LogP) is 5.25. The summed E-state index contributed by atoms with van der Waals surface area (Å²) in [6.45, 7) is 9.03. The second-order valence-electron chi connectivity index (χ2n) is 9.30. The summed E-state index contributed by atoms with van der Waals surface area (Å²) in [5, 5.41) is 8.61. The van der Waals surface area contributed by atoms with E-state index in [9.17, 15) is 0 Å². The zero-order chi connectivity index (χ0) is 25.9.